The van der Waals surface area contributed by atoms with Crippen molar-refractivity contribution in [1.82, 2.24) is 4.31 Å². The summed E-state index contributed by atoms with van der Waals surface area (Å²) in [6, 6.07) is 33.5. The van der Waals surface area contributed by atoms with Crippen LogP contribution in [0.25, 0.3) is 0 Å². The van der Waals surface area contributed by atoms with Gasteiger partial charge in [-0.3, -0.25) is 0 Å². The third kappa shape index (κ3) is 11.1. The molecule has 1 N–H and O–H groups in total. The van der Waals surface area contributed by atoms with E-state index in [0.717, 1.165) is 46.4 Å². The molecule has 6 rings (SSSR count). The van der Waals surface area contributed by atoms with Crippen molar-refractivity contribution in [3.63, 3.8) is 0 Å². The van der Waals surface area contributed by atoms with Crippen LogP contribution in [0.3, 0.4) is 0 Å². The highest BCUT2D eigenvalue weighted by molar-refractivity contribution is 7.89. The zero-order valence-corrected chi connectivity index (χ0v) is 37.6. The highest BCUT2D eigenvalue weighted by Crippen LogP contribution is 2.51. The Hall–Kier alpha value is -5.62. The molecule has 0 unspecified atom stereocenters. The first-order valence-electron chi connectivity index (χ1n) is 21.2. The van der Waals surface area contributed by atoms with Crippen LogP contribution in [0, 0.1) is 12.8 Å². The molecule has 0 saturated carbocycles. The van der Waals surface area contributed by atoms with Gasteiger partial charge in [-0.2, -0.15) is 4.31 Å². The molecule has 328 valence electrons. The minimum absolute atomic E-state index is 0.148. The quantitative estimate of drug-likeness (QED) is 0.0809. The Morgan fingerprint density at radius 1 is 0.871 bits per heavy atom. The lowest BCUT2D eigenvalue weighted by Crippen LogP contribution is -2.36. The summed E-state index contributed by atoms with van der Waals surface area (Å²) >= 11 is 0. The largest absolute Gasteiger partial charge is 0.496 e. The van der Waals surface area contributed by atoms with Crippen LogP contribution in [0.5, 0.6) is 34.5 Å². The Balaban J connectivity index is 1.29. The highest BCUT2D eigenvalue weighted by Gasteiger charge is 2.42. The second-order valence-electron chi connectivity index (χ2n) is 16.4. The normalized spacial score (nSPS) is 17.8. The number of benzene rings is 5. The summed E-state index contributed by atoms with van der Waals surface area (Å²) in [7, 11) is -0.790. The second kappa shape index (κ2) is 20.5. The molecule has 0 aliphatic carbocycles. The van der Waals surface area contributed by atoms with Crippen LogP contribution in [0.15, 0.2) is 126 Å². The van der Waals surface area contributed by atoms with Gasteiger partial charge in [0.2, 0.25) is 10.0 Å². The maximum Gasteiger partial charge on any atom is 0.341 e. The molecule has 62 heavy (non-hydrogen) atoms. The number of aliphatic carboxylic acids is 1. The molecule has 1 saturated heterocycles. The van der Waals surface area contributed by atoms with Crippen LogP contribution >= 0.6 is 0 Å². The van der Waals surface area contributed by atoms with Crippen LogP contribution in [0.2, 0.25) is 0 Å². The van der Waals surface area contributed by atoms with Crippen LogP contribution in [-0.4, -0.2) is 50.7 Å². The third-order valence-corrected chi connectivity index (χ3v) is 13.2. The molecule has 0 amide bonds. The van der Waals surface area contributed by atoms with E-state index in [2.05, 4.69) is 39.5 Å². The number of carboxylic acid groups (broad SMARTS) is 1. The van der Waals surface area contributed by atoms with Crippen molar-refractivity contribution in [1.29, 1.82) is 0 Å². The van der Waals surface area contributed by atoms with E-state index in [1.54, 1.807) is 44.5 Å². The second-order valence-corrected chi connectivity index (χ2v) is 18.5. The average molecular weight is 862 g/mol. The minimum atomic E-state index is -3.96. The Labute approximate surface area is 367 Å². The van der Waals surface area contributed by atoms with E-state index in [9.17, 15) is 18.3 Å². The molecule has 1 aliphatic rings. The van der Waals surface area contributed by atoms with Crippen LogP contribution in [0.4, 0.5) is 0 Å². The standard InChI is InChI=1S/C51H59NO9S/c1-9-10-16-48-44(30-42(34(4)5)51(61-48)45-28-39(59-37-14-12-11-13-15-37)22-25-47(45)58-32-50(53)54)43-29-40(23-26-46(43)57-8)62(55,56)52(7)31-36-18-20-38(21-19-36)60-49-27-35(6)17-24-41(49)33(2)3/h11-15,17-29,33,42,44,48,51H,4,9-10,16,30-32H2,1-3,5-8H3,(H,53,54)/t42-,44-,48+,51+/m0/s1. The SMILES string of the molecule is C=C(C)[C@@H]1C[C@@H](c2cc(S(=O)(=O)N(C)Cc3ccc(Oc4cc(C)ccc4C(C)C)cc3)ccc2OC)[C@@H](CCCC)O[C@H]1c1cc(Oc2ccccc2)ccc1OCC(=O)O. The molecular weight excluding hydrogens is 803 g/mol. The van der Waals surface area contributed by atoms with Crippen molar-refractivity contribution in [2.45, 2.75) is 95.8 Å². The summed E-state index contributed by atoms with van der Waals surface area (Å²) in [5.74, 6) is 2.28. The number of carbonyl (C=O) groups is 1. The molecule has 11 heteroatoms. The molecule has 5 aromatic carbocycles. The maximum absolute atomic E-state index is 14.3. The number of para-hydroxylation sites is 1. The van der Waals surface area contributed by atoms with Gasteiger partial charge < -0.3 is 28.8 Å². The van der Waals surface area contributed by atoms with Crippen LogP contribution in [-0.2, 0) is 26.1 Å². The van der Waals surface area contributed by atoms with Gasteiger partial charge in [0.05, 0.1) is 24.2 Å². The van der Waals surface area contributed by atoms with E-state index >= 15 is 0 Å². The molecule has 0 radical (unpaired) electrons. The van der Waals surface area contributed by atoms with Gasteiger partial charge in [0.1, 0.15) is 34.5 Å². The fourth-order valence-corrected chi connectivity index (χ4v) is 9.26. The molecule has 5 aromatic rings. The van der Waals surface area contributed by atoms with Crippen molar-refractivity contribution in [3.05, 3.63) is 149 Å². The molecule has 10 nitrogen and oxygen atoms in total. The first-order valence-corrected chi connectivity index (χ1v) is 22.7. The molecule has 0 aromatic heterocycles. The molecule has 1 fully saturated rings. The summed E-state index contributed by atoms with van der Waals surface area (Å²) < 4.78 is 61.4. The number of unbranched alkanes of at least 4 members (excludes halogenated alkanes) is 1. The Morgan fingerprint density at radius 3 is 2.23 bits per heavy atom. The molecule has 1 heterocycles. The predicted octanol–water partition coefficient (Wildman–Crippen LogP) is 12.0. The first kappa shape index (κ1) is 45.9. The summed E-state index contributed by atoms with van der Waals surface area (Å²) in [6.07, 6.45) is 2.10. The fraction of sp³-hybridized carbons (Fsp3) is 0.353. The zero-order chi connectivity index (χ0) is 44.6. The Kier molecular flexibility index (Phi) is 15.2. The summed E-state index contributed by atoms with van der Waals surface area (Å²) in [6.45, 7) is 14.4. The number of nitrogens with zero attached hydrogens (tertiary/aromatic N) is 1. The molecule has 0 bridgehead atoms. The van der Waals surface area contributed by atoms with Gasteiger partial charge >= 0.3 is 5.97 Å². The van der Waals surface area contributed by atoms with E-state index in [1.165, 1.54) is 4.31 Å². The molecule has 0 spiro atoms. The van der Waals surface area contributed by atoms with Crippen molar-refractivity contribution in [2.75, 3.05) is 20.8 Å². The Morgan fingerprint density at radius 2 is 1.56 bits per heavy atom. The number of hydrogen-bond donors (Lipinski definition) is 1. The van der Waals surface area contributed by atoms with Crippen LogP contribution in [0.1, 0.15) is 99.1 Å². The summed E-state index contributed by atoms with van der Waals surface area (Å²) in [5, 5.41) is 9.53. The van der Waals surface area contributed by atoms with Gasteiger partial charge in [-0.05, 0) is 116 Å². The van der Waals surface area contributed by atoms with Gasteiger partial charge in [-0.25, -0.2) is 13.2 Å². The van der Waals surface area contributed by atoms with E-state index < -0.39 is 28.7 Å². The molecular formula is C51H59NO9S. The lowest BCUT2D eigenvalue weighted by atomic mass is 9.74. The minimum Gasteiger partial charge on any atom is -0.496 e. The number of methoxy groups -OCH3 is 1. The average Bonchev–Trinajstić information content (AvgIpc) is 3.25. The van der Waals surface area contributed by atoms with Crippen LogP contribution < -0.4 is 18.9 Å². The zero-order valence-electron chi connectivity index (χ0n) is 36.8. The number of carboxylic acids is 1. The van der Waals surface area contributed by atoms with Crippen molar-refractivity contribution in [3.8, 4) is 34.5 Å². The van der Waals surface area contributed by atoms with Gasteiger partial charge in [0, 0.05) is 36.6 Å². The number of aryl methyl sites for hydroxylation is 1. The summed E-state index contributed by atoms with van der Waals surface area (Å²) in [4.78, 5) is 11.8. The number of sulfonamides is 1. The lowest BCUT2D eigenvalue weighted by Gasteiger charge is -2.43. The third-order valence-electron chi connectivity index (χ3n) is 11.4. The predicted molar refractivity (Wildman–Crippen MR) is 242 cm³/mol. The van der Waals surface area contributed by atoms with Gasteiger partial charge in [0.25, 0.3) is 0 Å². The van der Waals surface area contributed by atoms with E-state index in [1.807, 2.05) is 80.6 Å². The summed E-state index contributed by atoms with van der Waals surface area (Å²) in [5.41, 5.74) is 5.27. The maximum atomic E-state index is 14.3. The highest BCUT2D eigenvalue weighted by atomic mass is 32.2. The van der Waals surface area contributed by atoms with E-state index in [4.69, 9.17) is 23.7 Å². The molecule has 1 aliphatic heterocycles. The topological polar surface area (TPSA) is 121 Å². The Bertz CT molecular complexity index is 2430. The monoisotopic (exact) mass is 861 g/mol. The lowest BCUT2D eigenvalue weighted by molar-refractivity contribution is -0.139. The van der Waals surface area contributed by atoms with Crippen molar-refractivity contribution < 1.29 is 42.0 Å². The number of rotatable bonds is 19. The van der Waals surface area contributed by atoms with Gasteiger partial charge in [-0.15, -0.1) is 0 Å². The smallest absolute Gasteiger partial charge is 0.341 e. The fourth-order valence-electron chi connectivity index (χ4n) is 8.07. The molecule has 4 atom stereocenters. The van der Waals surface area contributed by atoms with Gasteiger partial charge in [0.15, 0.2) is 6.61 Å². The number of ether oxygens (including phenoxy) is 5. The van der Waals surface area contributed by atoms with Crippen molar-refractivity contribution in [2.24, 2.45) is 5.92 Å². The van der Waals surface area contributed by atoms with Crippen molar-refractivity contribution >= 4 is 16.0 Å². The van der Waals surface area contributed by atoms with E-state index in [-0.39, 0.29) is 29.4 Å². The first-order chi connectivity index (χ1) is 29.7. The van der Waals surface area contributed by atoms with E-state index in [0.29, 0.717) is 53.1 Å². The number of hydrogen-bond acceptors (Lipinski definition) is 8. The van der Waals surface area contributed by atoms with Gasteiger partial charge in [-0.1, -0.05) is 88.2 Å².